The average molecular weight is 416 g/mol. The number of ether oxygens (including phenoxy) is 1. The molecule has 1 amide bonds. The summed E-state index contributed by atoms with van der Waals surface area (Å²) < 4.78 is 11.9. The molecule has 1 N–H and O–H groups in total. The van der Waals surface area contributed by atoms with Crippen molar-refractivity contribution in [2.24, 2.45) is 0 Å². The third-order valence-electron chi connectivity index (χ3n) is 5.52. The first-order valence-corrected chi connectivity index (χ1v) is 13.3. The highest BCUT2D eigenvalue weighted by Gasteiger charge is 2.37. The molecule has 5 heteroatoms. The van der Waals surface area contributed by atoms with E-state index in [9.17, 15) is 4.79 Å². The molecule has 0 saturated heterocycles. The molecule has 0 aliphatic rings. The number of alkyl carbamates (subject to hydrolysis) is 1. The number of fused-ring (bicyclic) bond motifs is 1. The summed E-state index contributed by atoms with van der Waals surface area (Å²) in [7, 11) is -1.93. The molecule has 1 atom stereocenters. The van der Waals surface area contributed by atoms with E-state index in [1.165, 1.54) is 16.3 Å². The van der Waals surface area contributed by atoms with Gasteiger partial charge in [0.05, 0.1) is 12.6 Å². The number of amides is 1. The molecule has 2 rings (SSSR count). The molecule has 0 spiro atoms. The second-order valence-corrected chi connectivity index (χ2v) is 15.1. The van der Waals surface area contributed by atoms with Crippen LogP contribution in [0, 0.1) is 0 Å². The van der Waals surface area contributed by atoms with Crippen LogP contribution < -0.4 is 5.32 Å². The summed E-state index contributed by atoms with van der Waals surface area (Å²) in [6.07, 6.45) is 0.288. The van der Waals surface area contributed by atoms with Crippen LogP contribution in [0.5, 0.6) is 0 Å². The van der Waals surface area contributed by atoms with Crippen LogP contribution in [0.25, 0.3) is 10.8 Å². The molecular formula is C24H37NO3Si. The second kappa shape index (κ2) is 8.88. The first-order valence-electron chi connectivity index (χ1n) is 10.4. The van der Waals surface area contributed by atoms with Gasteiger partial charge >= 0.3 is 6.09 Å². The van der Waals surface area contributed by atoms with E-state index in [0.717, 1.165) is 0 Å². The highest BCUT2D eigenvalue weighted by molar-refractivity contribution is 6.74. The van der Waals surface area contributed by atoms with Crippen LogP contribution in [0.15, 0.2) is 42.5 Å². The first-order chi connectivity index (χ1) is 13.3. The standard InChI is InChI=1S/C24H37NO3Si/c1-23(2,3)28-22(26)25-20(17-27-29(7,8)24(4,5)6)16-19-14-11-13-18-12-9-10-15-21(18)19/h9-15,20H,16-17H2,1-8H3,(H,25,26)/t20-/m0/s1. The van der Waals surface area contributed by atoms with Crippen LogP contribution in [0.4, 0.5) is 4.79 Å². The number of hydrogen-bond acceptors (Lipinski definition) is 3. The fourth-order valence-electron chi connectivity index (χ4n) is 2.89. The number of rotatable bonds is 6. The van der Waals surface area contributed by atoms with Crippen LogP contribution in [0.1, 0.15) is 47.1 Å². The number of carbonyl (C=O) groups excluding carboxylic acids is 1. The minimum absolute atomic E-state index is 0.114. The summed E-state index contributed by atoms with van der Waals surface area (Å²) in [5, 5.41) is 5.57. The van der Waals surface area contributed by atoms with Crippen molar-refractivity contribution in [1.82, 2.24) is 5.32 Å². The van der Waals surface area contributed by atoms with Gasteiger partial charge in [-0.15, -0.1) is 0 Å². The fourth-order valence-corrected chi connectivity index (χ4v) is 3.94. The summed E-state index contributed by atoms with van der Waals surface area (Å²) in [6.45, 7) is 17.2. The minimum Gasteiger partial charge on any atom is -0.444 e. The maximum Gasteiger partial charge on any atom is 0.407 e. The second-order valence-electron chi connectivity index (χ2n) is 10.3. The zero-order valence-electron chi connectivity index (χ0n) is 19.3. The molecular weight excluding hydrogens is 378 g/mol. The number of carbonyl (C=O) groups is 1. The van der Waals surface area contributed by atoms with Gasteiger partial charge in [-0.1, -0.05) is 63.2 Å². The molecule has 0 fully saturated rings. The van der Waals surface area contributed by atoms with Gasteiger partial charge in [-0.2, -0.15) is 0 Å². The van der Waals surface area contributed by atoms with Crippen LogP contribution >= 0.6 is 0 Å². The van der Waals surface area contributed by atoms with E-state index in [4.69, 9.17) is 9.16 Å². The van der Waals surface area contributed by atoms with Crippen molar-refractivity contribution in [2.75, 3.05) is 6.61 Å². The Kier molecular flexibility index (Phi) is 7.17. The monoisotopic (exact) mass is 415 g/mol. The highest BCUT2D eigenvalue weighted by Crippen LogP contribution is 2.36. The number of benzene rings is 2. The molecule has 0 aliphatic heterocycles. The van der Waals surface area contributed by atoms with Crippen molar-refractivity contribution in [3.8, 4) is 0 Å². The van der Waals surface area contributed by atoms with Crippen LogP contribution in [0.3, 0.4) is 0 Å². The maximum absolute atomic E-state index is 12.5. The van der Waals surface area contributed by atoms with E-state index in [0.29, 0.717) is 13.0 Å². The lowest BCUT2D eigenvalue weighted by atomic mass is 9.99. The largest absolute Gasteiger partial charge is 0.444 e. The first kappa shape index (κ1) is 23.4. The Morgan fingerprint density at radius 1 is 1.00 bits per heavy atom. The van der Waals surface area contributed by atoms with Gasteiger partial charge < -0.3 is 14.5 Å². The van der Waals surface area contributed by atoms with Crippen LogP contribution in [0.2, 0.25) is 18.1 Å². The quantitative estimate of drug-likeness (QED) is 0.563. The van der Waals surface area contributed by atoms with E-state index < -0.39 is 20.0 Å². The van der Waals surface area contributed by atoms with Gasteiger partial charge in [0.2, 0.25) is 0 Å². The molecule has 160 valence electrons. The molecule has 4 nitrogen and oxygen atoms in total. The van der Waals surface area contributed by atoms with Gasteiger partial charge in [-0.05, 0) is 61.7 Å². The Balaban J connectivity index is 2.22. The summed E-state index contributed by atoms with van der Waals surface area (Å²) in [5.41, 5.74) is 0.664. The zero-order valence-corrected chi connectivity index (χ0v) is 20.3. The Morgan fingerprint density at radius 2 is 1.62 bits per heavy atom. The van der Waals surface area contributed by atoms with E-state index >= 15 is 0 Å². The molecule has 2 aromatic carbocycles. The Hall–Kier alpha value is -1.85. The van der Waals surface area contributed by atoms with Gasteiger partial charge in [0.25, 0.3) is 0 Å². The lowest BCUT2D eigenvalue weighted by Gasteiger charge is -2.37. The van der Waals surface area contributed by atoms with E-state index in [2.05, 4.69) is 69.5 Å². The van der Waals surface area contributed by atoms with E-state index in [-0.39, 0.29) is 11.1 Å². The van der Waals surface area contributed by atoms with E-state index in [1.54, 1.807) is 0 Å². The molecule has 0 aliphatic carbocycles. The Morgan fingerprint density at radius 3 is 2.24 bits per heavy atom. The molecule has 0 saturated carbocycles. The SMILES string of the molecule is CC(C)(C)OC(=O)N[C@H](CO[Si](C)(C)C(C)(C)C)Cc1cccc2ccccc12. The normalized spacial score (nSPS) is 13.9. The lowest BCUT2D eigenvalue weighted by molar-refractivity contribution is 0.0485. The third kappa shape index (κ3) is 6.86. The predicted molar refractivity (Wildman–Crippen MR) is 124 cm³/mol. The lowest BCUT2D eigenvalue weighted by Crippen LogP contribution is -2.48. The van der Waals surface area contributed by atoms with Crippen molar-refractivity contribution >= 4 is 25.2 Å². The average Bonchev–Trinajstić information content (AvgIpc) is 2.57. The van der Waals surface area contributed by atoms with Gasteiger partial charge in [-0.3, -0.25) is 0 Å². The molecule has 2 aromatic rings. The summed E-state index contributed by atoms with van der Waals surface area (Å²) >= 11 is 0. The Labute approximate surface area is 177 Å². The summed E-state index contributed by atoms with van der Waals surface area (Å²) in [5.74, 6) is 0. The van der Waals surface area contributed by atoms with Crippen LogP contribution in [-0.4, -0.2) is 32.7 Å². The fraction of sp³-hybridized carbons (Fsp3) is 0.542. The topological polar surface area (TPSA) is 47.6 Å². The number of hydrogen-bond donors (Lipinski definition) is 1. The molecule has 0 heterocycles. The number of nitrogens with one attached hydrogen (secondary N) is 1. The van der Waals surface area contributed by atoms with Crippen LogP contribution in [-0.2, 0) is 15.6 Å². The van der Waals surface area contributed by atoms with Crippen molar-refractivity contribution < 1.29 is 14.0 Å². The van der Waals surface area contributed by atoms with Crippen molar-refractivity contribution in [3.05, 3.63) is 48.0 Å². The molecule has 29 heavy (non-hydrogen) atoms. The smallest absolute Gasteiger partial charge is 0.407 e. The van der Waals surface area contributed by atoms with Gasteiger partial charge in [0.15, 0.2) is 8.32 Å². The van der Waals surface area contributed by atoms with Crippen molar-refractivity contribution in [3.63, 3.8) is 0 Å². The van der Waals surface area contributed by atoms with Gasteiger partial charge in [0, 0.05) is 0 Å². The van der Waals surface area contributed by atoms with Gasteiger partial charge in [-0.25, -0.2) is 4.79 Å². The van der Waals surface area contributed by atoms with Crippen molar-refractivity contribution in [2.45, 2.75) is 77.7 Å². The summed E-state index contributed by atoms with van der Waals surface area (Å²) in [4.78, 5) is 12.5. The molecule has 0 radical (unpaired) electrons. The highest BCUT2D eigenvalue weighted by atomic mass is 28.4. The van der Waals surface area contributed by atoms with Crippen molar-refractivity contribution in [1.29, 1.82) is 0 Å². The van der Waals surface area contributed by atoms with Gasteiger partial charge in [0.1, 0.15) is 5.60 Å². The molecule has 0 bridgehead atoms. The maximum atomic E-state index is 12.5. The molecule has 0 aromatic heterocycles. The zero-order chi connectivity index (χ0) is 21.9. The summed E-state index contributed by atoms with van der Waals surface area (Å²) in [6, 6.07) is 14.5. The van der Waals surface area contributed by atoms with E-state index in [1.807, 2.05) is 32.9 Å². The predicted octanol–water partition coefficient (Wildman–Crippen LogP) is 6.30. The minimum atomic E-state index is -1.93. The third-order valence-corrected chi connectivity index (χ3v) is 10.0. The Bertz CT molecular complexity index is 829. The molecule has 0 unspecified atom stereocenters.